The number of aromatic nitrogens is 2. The number of carbonyl (C=O) groups excluding carboxylic acids is 2. The quantitative estimate of drug-likeness (QED) is 0.703. The van der Waals surface area contributed by atoms with Gasteiger partial charge in [0.05, 0.1) is 6.20 Å². The molecule has 21 heavy (non-hydrogen) atoms. The first kappa shape index (κ1) is 14.9. The van der Waals surface area contributed by atoms with Crippen LogP contribution in [0.2, 0.25) is 0 Å². The highest BCUT2D eigenvalue weighted by Crippen LogP contribution is 2.10. The van der Waals surface area contributed by atoms with Crippen molar-refractivity contribution in [2.75, 3.05) is 5.73 Å². The number of amides is 2. The van der Waals surface area contributed by atoms with E-state index in [1.807, 2.05) is 0 Å². The number of halogens is 1. The van der Waals surface area contributed by atoms with Crippen LogP contribution in [0, 0.1) is 6.92 Å². The molecule has 1 aromatic heterocycles. The molecule has 0 spiro atoms. The monoisotopic (exact) mass is 348 g/mol. The maximum absolute atomic E-state index is 11.9. The number of nitrogen functional groups attached to an aromatic ring is 1. The van der Waals surface area contributed by atoms with Crippen molar-refractivity contribution < 1.29 is 9.59 Å². The molecule has 0 bridgehead atoms. The predicted octanol–water partition coefficient (Wildman–Crippen LogP) is 1.08. The molecule has 0 saturated heterocycles. The smallest absolute Gasteiger partial charge is 0.292 e. The number of nitrogens with one attached hydrogen (secondary N) is 2. The number of hydrogen-bond donors (Lipinski definition) is 3. The summed E-state index contributed by atoms with van der Waals surface area (Å²) in [5, 5.41) is 0. The average molecular weight is 349 g/mol. The van der Waals surface area contributed by atoms with E-state index in [2.05, 4.69) is 43.7 Å². The molecule has 2 aromatic rings. The van der Waals surface area contributed by atoms with Crippen molar-refractivity contribution in [1.82, 2.24) is 20.8 Å². The van der Waals surface area contributed by atoms with Gasteiger partial charge in [-0.15, -0.1) is 0 Å². The summed E-state index contributed by atoms with van der Waals surface area (Å²) in [5.74, 6) is -1.17. The Kier molecular flexibility index (Phi) is 4.49. The van der Waals surface area contributed by atoms with E-state index in [-0.39, 0.29) is 11.5 Å². The lowest BCUT2D eigenvalue weighted by Gasteiger charge is -2.08. The molecule has 4 N–H and O–H groups in total. The highest BCUT2D eigenvalue weighted by atomic mass is 79.9. The van der Waals surface area contributed by atoms with Crippen LogP contribution >= 0.6 is 15.9 Å². The highest BCUT2D eigenvalue weighted by molar-refractivity contribution is 9.10. The molecule has 2 rings (SSSR count). The lowest BCUT2D eigenvalue weighted by Crippen LogP contribution is -2.42. The van der Waals surface area contributed by atoms with Crippen molar-refractivity contribution in [1.29, 1.82) is 0 Å². The molecule has 0 saturated carbocycles. The summed E-state index contributed by atoms with van der Waals surface area (Å²) >= 11 is 3.09. The van der Waals surface area contributed by atoms with Crippen molar-refractivity contribution in [3.63, 3.8) is 0 Å². The number of benzene rings is 1. The van der Waals surface area contributed by atoms with Gasteiger partial charge in [-0.25, -0.2) is 9.97 Å². The molecule has 107 valence electrons. The van der Waals surface area contributed by atoms with E-state index in [9.17, 15) is 9.59 Å². The van der Waals surface area contributed by atoms with E-state index in [1.165, 1.54) is 6.20 Å². The Bertz CT molecular complexity index is 687. The molecule has 1 heterocycles. The fourth-order valence-electron chi connectivity index (χ4n) is 1.45. The second-order valence-corrected chi connectivity index (χ2v) is 4.84. The molecule has 8 heteroatoms. The molecule has 0 atom stereocenters. The molecular weight excluding hydrogens is 338 g/mol. The number of nitrogens with two attached hydrogens (primary N) is 1. The normalized spacial score (nSPS) is 10.0. The van der Waals surface area contributed by atoms with Crippen molar-refractivity contribution in [3.8, 4) is 0 Å². The van der Waals surface area contributed by atoms with Gasteiger partial charge in [0.2, 0.25) is 0 Å². The number of hydrazine groups is 1. The third-order valence-electron chi connectivity index (χ3n) is 2.49. The third-order valence-corrected chi connectivity index (χ3v) is 2.87. The highest BCUT2D eigenvalue weighted by Gasteiger charge is 2.14. The van der Waals surface area contributed by atoms with Gasteiger partial charge in [0.1, 0.15) is 4.60 Å². The Hall–Kier alpha value is -2.48. The zero-order chi connectivity index (χ0) is 15.4. The average Bonchev–Trinajstić information content (AvgIpc) is 2.47. The van der Waals surface area contributed by atoms with Crippen molar-refractivity contribution >= 4 is 33.6 Å². The number of rotatable bonds is 2. The van der Waals surface area contributed by atoms with Crippen LogP contribution in [0.3, 0.4) is 0 Å². The minimum atomic E-state index is -0.663. The minimum absolute atomic E-state index is 0.0358. The summed E-state index contributed by atoms with van der Waals surface area (Å²) < 4.78 is 0.360. The van der Waals surface area contributed by atoms with Crippen molar-refractivity contribution in [3.05, 3.63) is 58.8 Å². The van der Waals surface area contributed by atoms with Crippen LogP contribution in [0.5, 0.6) is 0 Å². The Morgan fingerprint density at radius 2 is 1.76 bits per heavy atom. The molecule has 0 unspecified atom stereocenters. The number of hydrogen-bond acceptors (Lipinski definition) is 5. The molecule has 0 fully saturated rings. The zero-order valence-electron chi connectivity index (χ0n) is 10.8. The fourth-order valence-corrected chi connectivity index (χ4v) is 1.72. The Morgan fingerprint density at radius 1 is 1.14 bits per heavy atom. The standard InChI is InChI=1S/C13H11BrN5O2/c1-7-2-4-8(5-3-7)12(20)18-19-13(21)10-11(15)16-6-9(14)17-10/h2-6H,1H2,(H2,15,16)(H,18,20)(H,19,21). The van der Waals surface area contributed by atoms with Crippen LogP contribution in [0.1, 0.15) is 26.4 Å². The predicted molar refractivity (Wildman–Crippen MR) is 80.0 cm³/mol. The summed E-state index contributed by atoms with van der Waals surface area (Å²) in [6, 6.07) is 6.57. The van der Waals surface area contributed by atoms with Gasteiger partial charge in [0.15, 0.2) is 11.5 Å². The Morgan fingerprint density at radius 3 is 2.43 bits per heavy atom. The Balaban J connectivity index is 2.02. The molecule has 2 amide bonds. The fraction of sp³-hybridized carbons (Fsp3) is 0. The van der Waals surface area contributed by atoms with E-state index in [0.717, 1.165) is 5.56 Å². The van der Waals surface area contributed by atoms with E-state index in [0.29, 0.717) is 10.2 Å². The van der Waals surface area contributed by atoms with Crippen LogP contribution < -0.4 is 16.6 Å². The van der Waals surface area contributed by atoms with Gasteiger partial charge in [0, 0.05) is 5.56 Å². The minimum Gasteiger partial charge on any atom is -0.382 e. The Labute approximate surface area is 129 Å². The molecule has 7 nitrogen and oxygen atoms in total. The number of anilines is 1. The maximum Gasteiger partial charge on any atom is 0.292 e. The topological polar surface area (TPSA) is 110 Å². The summed E-state index contributed by atoms with van der Waals surface area (Å²) in [6.45, 7) is 3.72. The lowest BCUT2D eigenvalue weighted by atomic mass is 10.1. The summed E-state index contributed by atoms with van der Waals surface area (Å²) in [6.07, 6.45) is 1.37. The molecule has 1 radical (unpaired) electrons. The second kappa shape index (κ2) is 6.31. The van der Waals surface area contributed by atoms with Gasteiger partial charge < -0.3 is 5.73 Å². The zero-order valence-corrected chi connectivity index (χ0v) is 12.3. The SMILES string of the molecule is [CH2]c1ccc(C(=O)NNC(=O)c2nc(Br)cnc2N)cc1. The molecule has 1 aromatic carbocycles. The molecule has 0 aliphatic heterocycles. The molecule has 0 aliphatic rings. The third kappa shape index (κ3) is 3.76. The largest absolute Gasteiger partial charge is 0.382 e. The van der Waals surface area contributed by atoms with Crippen LogP contribution in [0.4, 0.5) is 5.82 Å². The van der Waals surface area contributed by atoms with Crippen LogP contribution in [-0.4, -0.2) is 21.8 Å². The van der Waals surface area contributed by atoms with Crippen molar-refractivity contribution in [2.45, 2.75) is 0 Å². The molecular formula is C13H11BrN5O2. The maximum atomic E-state index is 11.9. The first-order valence-corrected chi connectivity index (χ1v) is 6.57. The number of nitrogens with zero attached hydrogens (tertiary/aromatic N) is 2. The van der Waals surface area contributed by atoms with Gasteiger partial charge in [0.25, 0.3) is 11.8 Å². The van der Waals surface area contributed by atoms with E-state index in [1.54, 1.807) is 24.3 Å². The summed E-state index contributed by atoms with van der Waals surface area (Å²) in [7, 11) is 0. The summed E-state index contributed by atoms with van der Waals surface area (Å²) in [4.78, 5) is 31.4. The van der Waals surface area contributed by atoms with E-state index < -0.39 is 11.8 Å². The van der Waals surface area contributed by atoms with Gasteiger partial charge in [-0.2, -0.15) is 0 Å². The summed E-state index contributed by atoms with van der Waals surface area (Å²) in [5.41, 5.74) is 11.1. The van der Waals surface area contributed by atoms with Crippen molar-refractivity contribution in [2.24, 2.45) is 0 Å². The number of carbonyl (C=O) groups is 2. The second-order valence-electron chi connectivity index (χ2n) is 4.03. The van der Waals surface area contributed by atoms with Crippen LogP contribution in [0.25, 0.3) is 0 Å². The van der Waals surface area contributed by atoms with Gasteiger partial charge >= 0.3 is 0 Å². The lowest BCUT2D eigenvalue weighted by molar-refractivity contribution is 0.0844. The van der Waals surface area contributed by atoms with E-state index in [4.69, 9.17) is 5.73 Å². The first-order chi connectivity index (χ1) is 9.97. The first-order valence-electron chi connectivity index (χ1n) is 5.78. The van der Waals surface area contributed by atoms with Gasteiger partial charge in [-0.05, 0) is 40.5 Å². The van der Waals surface area contributed by atoms with Gasteiger partial charge in [-0.3, -0.25) is 20.4 Å². The molecule has 0 aliphatic carbocycles. The van der Waals surface area contributed by atoms with E-state index >= 15 is 0 Å². The van der Waals surface area contributed by atoms with Crippen LogP contribution in [-0.2, 0) is 0 Å². The van der Waals surface area contributed by atoms with Gasteiger partial charge in [-0.1, -0.05) is 12.1 Å². The van der Waals surface area contributed by atoms with Crippen LogP contribution in [0.15, 0.2) is 35.1 Å².